The Kier molecular flexibility index (Phi) is 3.73. The Morgan fingerprint density at radius 3 is 2.53 bits per heavy atom. The zero-order valence-corrected chi connectivity index (χ0v) is 10.2. The first-order chi connectivity index (χ1) is 6.80. The van der Waals surface area contributed by atoms with Gasteiger partial charge in [0.1, 0.15) is 0 Å². The van der Waals surface area contributed by atoms with Gasteiger partial charge >= 0.3 is 0 Å². The number of nitrogens with zero attached hydrogens (tertiary/aromatic N) is 2. The molecule has 88 valence electrons. The third-order valence-electron chi connectivity index (χ3n) is 2.56. The monoisotopic (exact) mass is 214 g/mol. The Morgan fingerprint density at radius 2 is 2.13 bits per heavy atom. The van der Waals surface area contributed by atoms with Crippen LogP contribution in [0.2, 0.25) is 0 Å². The first-order valence-electron chi connectivity index (χ1n) is 5.41. The van der Waals surface area contributed by atoms with Crippen molar-refractivity contribution in [2.24, 2.45) is 5.41 Å². The lowest BCUT2D eigenvalue weighted by Gasteiger charge is -2.32. The molecule has 0 aromatic heterocycles. The molecule has 1 rings (SSSR count). The summed E-state index contributed by atoms with van der Waals surface area (Å²) in [5.41, 5.74) is 0.0726. The molecule has 0 spiro atoms. The summed E-state index contributed by atoms with van der Waals surface area (Å²) in [4.78, 5) is 15.4. The number of carbonyl (C=O) groups excluding carboxylic acids is 1. The summed E-state index contributed by atoms with van der Waals surface area (Å²) in [5.74, 6) is 0.0781. The maximum atomic E-state index is 11.5. The molecule has 0 bridgehead atoms. The van der Waals surface area contributed by atoms with Crippen LogP contribution in [0.5, 0.6) is 0 Å². The van der Waals surface area contributed by atoms with Crippen molar-refractivity contribution in [2.45, 2.75) is 26.4 Å². The molecule has 15 heavy (non-hydrogen) atoms. The van der Waals surface area contributed by atoms with Crippen LogP contribution >= 0.6 is 0 Å². The van der Waals surface area contributed by atoms with Crippen LogP contribution in [0.3, 0.4) is 0 Å². The van der Waals surface area contributed by atoms with E-state index in [1.807, 2.05) is 14.1 Å². The number of hydrogen-bond donors (Lipinski definition) is 1. The summed E-state index contributed by atoms with van der Waals surface area (Å²) >= 11 is 0. The molecule has 4 nitrogen and oxygen atoms in total. The van der Waals surface area contributed by atoms with E-state index < -0.39 is 6.10 Å². The van der Waals surface area contributed by atoms with Gasteiger partial charge in [-0.1, -0.05) is 13.8 Å². The number of β-amino-alcohol motifs (C(OH)–C–C–N with tert-alkyl or cyclic N) is 1. The maximum Gasteiger partial charge on any atom is 0.225 e. The van der Waals surface area contributed by atoms with E-state index in [2.05, 4.69) is 18.7 Å². The summed E-state index contributed by atoms with van der Waals surface area (Å²) in [7, 11) is 4.06. The second kappa shape index (κ2) is 4.49. The lowest BCUT2D eigenvalue weighted by Crippen LogP contribution is -2.41. The standard InChI is InChI=1S/C11H22N2O2/c1-11(2,7-12(3)4)8-13-6-9(14)5-10(13)15/h9,14H,5-8H2,1-4H3. The molecule has 1 saturated heterocycles. The van der Waals surface area contributed by atoms with E-state index in [0.29, 0.717) is 6.54 Å². The van der Waals surface area contributed by atoms with Gasteiger partial charge in [-0.2, -0.15) is 0 Å². The van der Waals surface area contributed by atoms with E-state index in [1.165, 1.54) is 0 Å². The number of rotatable bonds is 4. The summed E-state index contributed by atoms with van der Waals surface area (Å²) in [6.07, 6.45) is -0.175. The molecule has 0 radical (unpaired) electrons. The Labute approximate surface area is 91.9 Å². The highest BCUT2D eigenvalue weighted by Gasteiger charge is 2.32. The number of hydrogen-bond acceptors (Lipinski definition) is 3. The smallest absolute Gasteiger partial charge is 0.225 e. The molecule has 1 N–H and O–H groups in total. The van der Waals surface area contributed by atoms with Crippen molar-refractivity contribution in [1.29, 1.82) is 0 Å². The minimum absolute atomic E-state index is 0.0726. The molecule has 0 aromatic rings. The summed E-state index contributed by atoms with van der Waals surface area (Å²) in [6, 6.07) is 0. The minimum Gasteiger partial charge on any atom is -0.391 e. The fourth-order valence-corrected chi connectivity index (χ4v) is 2.33. The molecule has 0 aromatic carbocycles. The van der Waals surface area contributed by atoms with Gasteiger partial charge in [0, 0.05) is 19.6 Å². The Bertz CT molecular complexity index is 239. The van der Waals surface area contributed by atoms with Crippen LogP contribution in [0.1, 0.15) is 20.3 Å². The molecule has 0 saturated carbocycles. The predicted molar refractivity (Wildman–Crippen MR) is 59.5 cm³/mol. The zero-order chi connectivity index (χ0) is 11.6. The van der Waals surface area contributed by atoms with Crippen molar-refractivity contribution >= 4 is 5.91 Å². The van der Waals surface area contributed by atoms with E-state index in [0.717, 1.165) is 13.1 Å². The van der Waals surface area contributed by atoms with Gasteiger partial charge < -0.3 is 14.9 Å². The van der Waals surface area contributed by atoms with Crippen LogP contribution in [0.15, 0.2) is 0 Å². The number of aliphatic hydroxyl groups is 1. The third kappa shape index (κ3) is 3.80. The fourth-order valence-electron chi connectivity index (χ4n) is 2.33. The first-order valence-corrected chi connectivity index (χ1v) is 5.41. The SMILES string of the molecule is CN(C)CC(C)(C)CN1CC(O)CC1=O. The summed E-state index contributed by atoms with van der Waals surface area (Å²) in [5, 5.41) is 9.38. The lowest BCUT2D eigenvalue weighted by molar-refractivity contribution is -0.129. The van der Waals surface area contributed by atoms with Crippen LogP contribution < -0.4 is 0 Å². The summed E-state index contributed by atoms with van der Waals surface area (Å²) < 4.78 is 0. The average molecular weight is 214 g/mol. The van der Waals surface area contributed by atoms with Crippen molar-refractivity contribution in [2.75, 3.05) is 33.7 Å². The van der Waals surface area contributed by atoms with Crippen LogP contribution in [-0.4, -0.2) is 60.6 Å². The molecule has 1 amide bonds. The van der Waals surface area contributed by atoms with Gasteiger partial charge in [-0.05, 0) is 19.5 Å². The van der Waals surface area contributed by atoms with Gasteiger partial charge in [0.15, 0.2) is 0 Å². The molecular formula is C11H22N2O2. The van der Waals surface area contributed by atoms with E-state index >= 15 is 0 Å². The molecule has 1 atom stereocenters. The Balaban J connectivity index is 2.50. The van der Waals surface area contributed by atoms with Crippen LogP contribution in [-0.2, 0) is 4.79 Å². The molecule has 1 heterocycles. The van der Waals surface area contributed by atoms with Gasteiger partial charge in [0.25, 0.3) is 0 Å². The molecule has 4 heteroatoms. The van der Waals surface area contributed by atoms with E-state index in [1.54, 1.807) is 4.90 Å². The third-order valence-corrected chi connectivity index (χ3v) is 2.56. The van der Waals surface area contributed by atoms with Crippen molar-refractivity contribution in [3.05, 3.63) is 0 Å². The van der Waals surface area contributed by atoms with Crippen molar-refractivity contribution in [3.8, 4) is 0 Å². The molecule has 1 aliphatic rings. The van der Waals surface area contributed by atoms with Gasteiger partial charge in [0.05, 0.1) is 12.5 Å². The van der Waals surface area contributed by atoms with Crippen LogP contribution in [0, 0.1) is 5.41 Å². The van der Waals surface area contributed by atoms with Gasteiger partial charge in [-0.3, -0.25) is 4.79 Å². The topological polar surface area (TPSA) is 43.8 Å². The zero-order valence-electron chi connectivity index (χ0n) is 10.2. The lowest BCUT2D eigenvalue weighted by atomic mass is 9.92. The highest BCUT2D eigenvalue weighted by molar-refractivity contribution is 5.79. The molecule has 0 aliphatic carbocycles. The van der Waals surface area contributed by atoms with E-state index in [9.17, 15) is 9.90 Å². The largest absolute Gasteiger partial charge is 0.391 e. The molecular weight excluding hydrogens is 192 g/mol. The Morgan fingerprint density at radius 1 is 1.53 bits per heavy atom. The molecule has 1 fully saturated rings. The maximum absolute atomic E-state index is 11.5. The van der Waals surface area contributed by atoms with Crippen LogP contribution in [0.25, 0.3) is 0 Å². The second-order valence-corrected chi connectivity index (χ2v) is 5.53. The van der Waals surface area contributed by atoms with Crippen LogP contribution in [0.4, 0.5) is 0 Å². The predicted octanol–water partition coefficient (Wildman–Crippen LogP) is 0.167. The number of carbonyl (C=O) groups is 1. The number of likely N-dealkylation sites (tertiary alicyclic amines) is 1. The average Bonchev–Trinajstić information content (AvgIpc) is 2.25. The second-order valence-electron chi connectivity index (χ2n) is 5.53. The fraction of sp³-hybridized carbons (Fsp3) is 0.909. The van der Waals surface area contributed by atoms with Gasteiger partial charge in [-0.15, -0.1) is 0 Å². The number of amides is 1. The van der Waals surface area contributed by atoms with Gasteiger partial charge in [-0.25, -0.2) is 0 Å². The number of aliphatic hydroxyl groups excluding tert-OH is 1. The Hall–Kier alpha value is -0.610. The van der Waals surface area contributed by atoms with Crippen molar-refractivity contribution in [3.63, 3.8) is 0 Å². The highest BCUT2D eigenvalue weighted by Crippen LogP contribution is 2.21. The van der Waals surface area contributed by atoms with E-state index in [4.69, 9.17) is 0 Å². The van der Waals surface area contributed by atoms with Gasteiger partial charge in [0.2, 0.25) is 5.91 Å². The van der Waals surface area contributed by atoms with Crippen molar-refractivity contribution in [1.82, 2.24) is 9.80 Å². The summed E-state index contributed by atoms with van der Waals surface area (Å²) in [6.45, 7) is 6.44. The molecule has 1 unspecified atom stereocenters. The highest BCUT2D eigenvalue weighted by atomic mass is 16.3. The van der Waals surface area contributed by atoms with E-state index in [-0.39, 0.29) is 17.7 Å². The first kappa shape index (κ1) is 12.5. The minimum atomic E-state index is -0.465. The van der Waals surface area contributed by atoms with Crippen molar-refractivity contribution < 1.29 is 9.90 Å². The molecule has 1 aliphatic heterocycles. The normalized spacial score (nSPS) is 22.9. The quantitative estimate of drug-likeness (QED) is 0.725.